The zero-order valence-electron chi connectivity index (χ0n) is 13.3. The van der Waals surface area contributed by atoms with Gasteiger partial charge in [-0.05, 0) is 51.5 Å². The zero-order valence-corrected chi connectivity index (χ0v) is 14.2. The van der Waals surface area contributed by atoms with Crippen molar-refractivity contribution in [3.05, 3.63) is 0 Å². The number of nitrogens with zero attached hydrogens (tertiary/aromatic N) is 1. The third-order valence-corrected chi connectivity index (χ3v) is 4.90. The van der Waals surface area contributed by atoms with Crippen molar-refractivity contribution in [2.45, 2.75) is 45.3 Å². The van der Waals surface area contributed by atoms with Crippen LogP contribution in [0.3, 0.4) is 0 Å². The van der Waals surface area contributed by atoms with Gasteiger partial charge in [0.2, 0.25) is 0 Å². The molecular formula is C15H26N2O3S. The summed E-state index contributed by atoms with van der Waals surface area (Å²) in [6, 6.07) is -0.402. The van der Waals surface area contributed by atoms with Gasteiger partial charge in [-0.15, -0.1) is 0 Å². The van der Waals surface area contributed by atoms with E-state index in [1.54, 1.807) is 16.7 Å². The molecule has 2 fully saturated rings. The van der Waals surface area contributed by atoms with Crippen LogP contribution in [0.15, 0.2) is 0 Å². The number of Topliss-reactive ketones (excluding diaryl/α,β-unsaturated/α-hetero) is 1. The topological polar surface area (TPSA) is 72.6 Å². The van der Waals surface area contributed by atoms with Gasteiger partial charge in [-0.25, -0.2) is 4.79 Å². The molecule has 0 aromatic rings. The van der Waals surface area contributed by atoms with Crippen molar-refractivity contribution in [2.24, 2.45) is 17.1 Å². The zero-order chi connectivity index (χ0) is 15.8. The van der Waals surface area contributed by atoms with E-state index in [-0.39, 0.29) is 23.2 Å². The highest BCUT2D eigenvalue weighted by molar-refractivity contribution is 7.98. The van der Waals surface area contributed by atoms with Gasteiger partial charge in [0, 0.05) is 13.1 Å². The van der Waals surface area contributed by atoms with Gasteiger partial charge in [0.05, 0.1) is 11.5 Å². The lowest BCUT2D eigenvalue weighted by atomic mass is 9.93. The Morgan fingerprint density at radius 2 is 2.14 bits per heavy atom. The smallest absolute Gasteiger partial charge is 0.410 e. The third kappa shape index (κ3) is 3.54. The minimum absolute atomic E-state index is 0.132. The van der Waals surface area contributed by atoms with Crippen LogP contribution in [0.5, 0.6) is 0 Å². The highest BCUT2D eigenvalue weighted by Gasteiger charge is 2.66. The molecule has 5 nitrogen and oxygen atoms in total. The molecular weight excluding hydrogens is 288 g/mol. The highest BCUT2D eigenvalue weighted by Crippen LogP contribution is 2.59. The second-order valence-corrected chi connectivity index (χ2v) is 8.16. The maximum absolute atomic E-state index is 12.6. The minimum atomic E-state index is -0.504. The molecule has 21 heavy (non-hydrogen) atoms. The number of fused-ring (bicyclic) bond motifs is 1. The van der Waals surface area contributed by atoms with E-state index in [0.29, 0.717) is 19.5 Å². The molecule has 1 saturated carbocycles. The first-order valence-electron chi connectivity index (χ1n) is 7.46. The summed E-state index contributed by atoms with van der Waals surface area (Å²) in [7, 11) is 0. The third-order valence-electron chi connectivity index (χ3n) is 4.26. The van der Waals surface area contributed by atoms with Crippen molar-refractivity contribution in [1.29, 1.82) is 0 Å². The summed E-state index contributed by atoms with van der Waals surface area (Å²) in [5.41, 5.74) is 5.14. The predicted molar refractivity (Wildman–Crippen MR) is 84.3 cm³/mol. The number of piperidine rings is 1. The quantitative estimate of drug-likeness (QED) is 0.839. The van der Waals surface area contributed by atoms with Crippen LogP contribution >= 0.6 is 11.8 Å². The van der Waals surface area contributed by atoms with Crippen molar-refractivity contribution < 1.29 is 14.3 Å². The molecule has 1 aliphatic heterocycles. The number of nitrogens with two attached hydrogens (primary N) is 1. The van der Waals surface area contributed by atoms with E-state index in [9.17, 15) is 9.59 Å². The Hall–Kier alpha value is -0.750. The Morgan fingerprint density at radius 3 is 2.71 bits per heavy atom. The summed E-state index contributed by atoms with van der Waals surface area (Å²) in [5.74, 6) is 1.30. The van der Waals surface area contributed by atoms with E-state index >= 15 is 0 Å². The van der Waals surface area contributed by atoms with Crippen LogP contribution in [-0.2, 0) is 9.53 Å². The summed E-state index contributed by atoms with van der Waals surface area (Å²) >= 11 is 1.70. The molecule has 0 bridgehead atoms. The van der Waals surface area contributed by atoms with E-state index < -0.39 is 11.6 Å². The Balaban J connectivity index is 1.93. The van der Waals surface area contributed by atoms with E-state index in [2.05, 4.69) is 0 Å². The fourth-order valence-electron chi connectivity index (χ4n) is 3.08. The molecule has 0 spiro atoms. The maximum atomic E-state index is 12.6. The summed E-state index contributed by atoms with van der Waals surface area (Å²) in [6.07, 6.45) is 3.27. The molecule has 0 radical (unpaired) electrons. The SMILES string of the molecule is CSCC[C@H](N)C(=O)C12CC1CN(C(=O)OC(C)(C)C)C2. The summed E-state index contributed by atoms with van der Waals surface area (Å²) in [6.45, 7) is 6.64. The molecule has 6 heteroatoms. The summed E-state index contributed by atoms with van der Waals surface area (Å²) < 4.78 is 5.38. The van der Waals surface area contributed by atoms with Gasteiger partial charge < -0.3 is 15.4 Å². The molecule has 0 aromatic heterocycles. The summed E-state index contributed by atoms with van der Waals surface area (Å²) in [5, 5.41) is 0. The molecule has 2 N–H and O–H groups in total. The van der Waals surface area contributed by atoms with Gasteiger partial charge in [-0.2, -0.15) is 11.8 Å². The number of rotatable bonds is 5. The van der Waals surface area contributed by atoms with E-state index in [1.807, 2.05) is 27.0 Å². The van der Waals surface area contributed by atoms with E-state index in [1.165, 1.54) is 0 Å². The van der Waals surface area contributed by atoms with Crippen LogP contribution in [0.4, 0.5) is 4.79 Å². The maximum Gasteiger partial charge on any atom is 0.410 e. The van der Waals surface area contributed by atoms with Crippen LogP contribution in [0, 0.1) is 11.3 Å². The molecule has 1 heterocycles. The first-order chi connectivity index (χ1) is 9.69. The normalized spacial score (nSPS) is 29.0. The number of ketones is 1. The van der Waals surface area contributed by atoms with Crippen molar-refractivity contribution in [3.8, 4) is 0 Å². The molecule has 1 aliphatic carbocycles. The Labute approximate surface area is 130 Å². The predicted octanol–water partition coefficient (Wildman–Crippen LogP) is 1.89. The monoisotopic (exact) mass is 314 g/mol. The average Bonchev–Trinajstić information content (AvgIpc) is 2.95. The number of thioether (sulfide) groups is 1. The summed E-state index contributed by atoms with van der Waals surface area (Å²) in [4.78, 5) is 26.3. The van der Waals surface area contributed by atoms with Gasteiger partial charge in [0.1, 0.15) is 5.60 Å². The molecule has 120 valence electrons. The molecule has 1 amide bonds. The van der Waals surface area contributed by atoms with Gasteiger partial charge in [0.25, 0.3) is 0 Å². The van der Waals surface area contributed by atoms with Crippen LogP contribution in [0.2, 0.25) is 0 Å². The molecule has 1 saturated heterocycles. The lowest BCUT2D eigenvalue weighted by molar-refractivity contribution is -0.125. The van der Waals surface area contributed by atoms with Crippen molar-refractivity contribution >= 4 is 23.6 Å². The van der Waals surface area contributed by atoms with Crippen molar-refractivity contribution in [3.63, 3.8) is 0 Å². The first-order valence-corrected chi connectivity index (χ1v) is 8.86. The molecule has 3 atom stereocenters. The van der Waals surface area contributed by atoms with Gasteiger partial charge in [-0.3, -0.25) is 4.79 Å². The van der Waals surface area contributed by atoms with Gasteiger partial charge in [-0.1, -0.05) is 0 Å². The average molecular weight is 314 g/mol. The van der Waals surface area contributed by atoms with Crippen molar-refractivity contribution in [1.82, 2.24) is 4.90 Å². The van der Waals surface area contributed by atoms with Gasteiger partial charge >= 0.3 is 6.09 Å². The van der Waals surface area contributed by atoms with Crippen LogP contribution in [0.1, 0.15) is 33.6 Å². The largest absolute Gasteiger partial charge is 0.444 e. The molecule has 2 aliphatic rings. The minimum Gasteiger partial charge on any atom is -0.444 e. The standard InChI is InChI=1S/C15H26N2O3S/c1-14(2,3)20-13(19)17-8-10-7-15(10,9-17)12(18)11(16)5-6-21-4/h10-11H,5-9,16H2,1-4H3/t10?,11-,15?/m0/s1. The number of likely N-dealkylation sites (tertiary alicyclic amines) is 1. The Morgan fingerprint density at radius 1 is 1.48 bits per heavy atom. The van der Waals surface area contributed by atoms with Crippen LogP contribution in [-0.4, -0.2) is 53.5 Å². The van der Waals surface area contributed by atoms with Gasteiger partial charge in [0.15, 0.2) is 5.78 Å². The lowest BCUT2D eigenvalue weighted by Gasteiger charge is -2.26. The molecule has 0 aromatic carbocycles. The number of amides is 1. The van der Waals surface area contributed by atoms with Crippen LogP contribution in [0.25, 0.3) is 0 Å². The van der Waals surface area contributed by atoms with Crippen molar-refractivity contribution in [2.75, 3.05) is 25.1 Å². The van der Waals surface area contributed by atoms with E-state index in [4.69, 9.17) is 10.5 Å². The Kier molecular flexibility index (Phi) is 4.59. The number of carbonyl (C=O) groups is 2. The second kappa shape index (κ2) is 5.80. The number of hydrogen-bond donors (Lipinski definition) is 1. The Bertz CT molecular complexity index is 435. The molecule has 2 unspecified atom stereocenters. The lowest BCUT2D eigenvalue weighted by Crippen LogP contribution is -2.42. The number of hydrogen-bond acceptors (Lipinski definition) is 5. The van der Waals surface area contributed by atoms with E-state index in [0.717, 1.165) is 12.2 Å². The number of ether oxygens (including phenoxy) is 1. The highest BCUT2D eigenvalue weighted by atomic mass is 32.2. The van der Waals surface area contributed by atoms with Crippen LogP contribution < -0.4 is 5.73 Å². The fraction of sp³-hybridized carbons (Fsp3) is 0.867. The molecule has 2 rings (SSSR count). The first kappa shape index (κ1) is 16.6. The number of carbonyl (C=O) groups excluding carboxylic acids is 2. The second-order valence-electron chi connectivity index (χ2n) is 7.17. The fourth-order valence-corrected chi connectivity index (χ4v) is 3.56.